The summed E-state index contributed by atoms with van der Waals surface area (Å²) in [7, 11) is 0. The number of hydrogen-bond acceptors (Lipinski definition) is 2. The summed E-state index contributed by atoms with van der Waals surface area (Å²) in [5, 5.41) is 1.47. The smallest absolute Gasteiger partial charge is 0.255 e. The molecular weight excluding hydrogens is 164 g/mol. The fourth-order valence-electron chi connectivity index (χ4n) is 1.39. The third kappa shape index (κ3) is 1.18. The standard InChI is InChI=1S/C10H10N2O/c1-6-2-3-7-8(4-6)9(11)5-12-10(7)13/h2-5H,11H2,1H3,(H,12,13). The lowest BCUT2D eigenvalue weighted by Crippen LogP contribution is -2.06. The zero-order chi connectivity index (χ0) is 9.42. The lowest BCUT2D eigenvalue weighted by atomic mass is 10.1. The van der Waals surface area contributed by atoms with E-state index < -0.39 is 0 Å². The van der Waals surface area contributed by atoms with Crippen molar-refractivity contribution in [3.63, 3.8) is 0 Å². The zero-order valence-corrected chi connectivity index (χ0v) is 7.29. The summed E-state index contributed by atoms with van der Waals surface area (Å²) in [5.74, 6) is 0. The number of pyridine rings is 1. The third-order valence-corrected chi connectivity index (χ3v) is 2.09. The number of hydrogen-bond donors (Lipinski definition) is 2. The molecule has 0 radical (unpaired) electrons. The van der Waals surface area contributed by atoms with E-state index in [1.165, 1.54) is 6.20 Å². The molecule has 0 saturated heterocycles. The van der Waals surface area contributed by atoms with E-state index in [0.29, 0.717) is 11.1 Å². The number of nitrogens with one attached hydrogen (secondary N) is 1. The minimum absolute atomic E-state index is 0.0933. The maximum absolute atomic E-state index is 11.3. The van der Waals surface area contributed by atoms with Crippen molar-refractivity contribution in [2.24, 2.45) is 0 Å². The molecule has 2 aromatic rings. The number of aryl methyl sites for hydroxylation is 1. The maximum Gasteiger partial charge on any atom is 0.255 e. The molecule has 0 unspecified atom stereocenters. The molecule has 0 saturated carbocycles. The molecule has 0 spiro atoms. The first-order chi connectivity index (χ1) is 6.18. The van der Waals surface area contributed by atoms with Crippen LogP contribution in [-0.2, 0) is 0 Å². The van der Waals surface area contributed by atoms with Gasteiger partial charge in [0.2, 0.25) is 0 Å². The van der Waals surface area contributed by atoms with Crippen molar-refractivity contribution >= 4 is 16.5 Å². The molecule has 3 N–H and O–H groups in total. The predicted octanol–water partition coefficient (Wildman–Crippen LogP) is 1.42. The van der Waals surface area contributed by atoms with Crippen LogP contribution in [0.1, 0.15) is 5.56 Å². The van der Waals surface area contributed by atoms with Gasteiger partial charge in [-0.2, -0.15) is 0 Å². The van der Waals surface area contributed by atoms with Gasteiger partial charge in [0.25, 0.3) is 5.56 Å². The molecule has 2 rings (SSSR count). The Morgan fingerprint density at radius 1 is 1.31 bits per heavy atom. The molecule has 3 nitrogen and oxygen atoms in total. The summed E-state index contributed by atoms with van der Waals surface area (Å²) in [6, 6.07) is 5.61. The first-order valence-corrected chi connectivity index (χ1v) is 4.06. The van der Waals surface area contributed by atoms with Gasteiger partial charge in [-0.25, -0.2) is 0 Å². The lowest BCUT2D eigenvalue weighted by molar-refractivity contribution is 1.28. The van der Waals surface area contributed by atoms with E-state index in [1.807, 2.05) is 19.1 Å². The van der Waals surface area contributed by atoms with Crippen molar-refractivity contribution in [3.8, 4) is 0 Å². The number of rotatable bonds is 0. The first kappa shape index (κ1) is 7.86. The molecule has 0 aliphatic rings. The van der Waals surface area contributed by atoms with Crippen LogP contribution in [0.25, 0.3) is 10.8 Å². The second-order valence-electron chi connectivity index (χ2n) is 3.12. The highest BCUT2D eigenvalue weighted by Crippen LogP contribution is 2.17. The van der Waals surface area contributed by atoms with Gasteiger partial charge in [0.1, 0.15) is 0 Å². The van der Waals surface area contributed by atoms with Gasteiger partial charge in [0, 0.05) is 17.0 Å². The highest BCUT2D eigenvalue weighted by molar-refractivity contribution is 5.92. The largest absolute Gasteiger partial charge is 0.397 e. The number of aromatic nitrogens is 1. The quantitative estimate of drug-likeness (QED) is 0.634. The predicted molar refractivity (Wildman–Crippen MR) is 53.7 cm³/mol. The van der Waals surface area contributed by atoms with Gasteiger partial charge in [-0.05, 0) is 19.1 Å². The summed E-state index contributed by atoms with van der Waals surface area (Å²) < 4.78 is 0. The van der Waals surface area contributed by atoms with Crippen LogP contribution in [0.3, 0.4) is 0 Å². The van der Waals surface area contributed by atoms with Crippen molar-refractivity contribution in [2.45, 2.75) is 6.92 Å². The molecule has 1 aromatic carbocycles. The number of nitrogen functional groups attached to an aromatic ring is 1. The molecule has 13 heavy (non-hydrogen) atoms. The van der Waals surface area contributed by atoms with Crippen molar-refractivity contribution < 1.29 is 0 Å². The minimum Gasteiger partial charge on any atom is -0.397 e. The van der Waals surface area contributed by atoms with Crippen LogP contribution >= 0.6 is 0 Å². The van der Waals surface area contributed by atoms with E-state index in [0.717, 1.165) is 10.9 Å². The fraction of sp³-hybridized carbons (Fsp3) is 0.100. The number of fused-ring (bicyclic) bond motifs is 1. The SMILES string of the molecule is Cc1ccc2c(=O)[nH]cc(N)c2c1. The van der Waals surface area contributed by atoms with Crippen molar-refractivity contribution in [1.82, 2.24) is 4.98 Å². The molecule has 1 heterocycles. The number of aromatic amines is 1. The first-order valence-electron chi connectivity index (χ1n) is 4.06. The van der Waals surface area contributed by atoms with E-state index in [2.05, 4.69) is 4.98 Å². The van der Waals surface area contributed by atoms with Crippen LogP contribution in [0.4, 0.5) is 5.69 Å². The van der Waals surface area contributed by atoms with Crippen LogP contribution in [0, 0.1) is 6.92 Å². The Kier molecular flexibility index (Phi) is 1.59. The van der Waals surface area contributed by atoms with E-state index in [9.17, 15) is 4.79 Å². The summed E-state index contributed by atoms with van der Waals surface area (Å²) in [6.45, 7) is 1.97. The van der Waals surface area contributed by atoms with Crippen LogP contribution in [0.5, 0.6) is 0 Å². The average molecular weight is 174 g/mol. The Morgan fingerprint density at radius 3 is 2.85 bits per heavy atom. The molecule has 3 heteroatoms. The van der Waals surface area contributed by atoms with Crippen LogP contribution in [-0.4, -0.2) is 4.98 Å². The molecule has 0 aliphatic heterocycles. The molecule has 1 aromatic heterocycles. The summed E-state index contributed by atoms with van der Waals surface area (Å²) >= 11 is 0. The molecule has 0 amide bonds. The van der Waals surface area contributed by atoms with Gasteiger partial charge >= 0.3 is 0 Å². The van der Waals surface area contributed by atoms with E-state index >= 15 is 0 Å². The summed E-state index contributed by atoms with van der Waals surface area (Å²) in [6.07, 6.45) is 1.53. The Hall–Kier alpha value is -1.77. The number of anilines is 1. The zero-order valence-electron chi connectivity index (χ0n) is 7.29. The highest BCUT2D eigenvalue weighted by atomic mass is 16.1. The van der Waals surface area contributed by atoms with Gasteiger partial charge in [-0.15, -0.1) is 0 Å². The Morgan fingerprint density at radius 2 is 2.08 bits per heavy atom. The van der Waals surface area contributed by atoms with Gasteiger partial charge in [0.15, 0.2) is 0 Å². The highest BCUT2D eigenvalue weighted by Gasteiger charge is 2.00. The van der Waals surface area contributed by atoms with Crippen LogP contribution < -0.4 is 11.3 Å². The van der Waals surface area contributed by atoms with Gasteiger partial charge in [-0.3, -0.25) is 4.79 Å². The number of nitrogens with two attached hydrogens (primary N) is 1. The van der Waals surface area contributed by atoms with Crippen LogP contribution in [0.15, 0.2) is 29.2 Å². The lowest BCUT2D eigenvalue weighted by Gasteiger charge is -2.01. The fourth-order valence-corrected chi connectivity index (χ4v) is 1.39. The van der Waals surface area contributed by atoms with Gasteiger partial charge in [-0.1, -0.05) is 11.6 Å². The third-order valence-electron chi connectivity index (χ3n) is 2.09. The van der Waals surface area contributed by atoms with Gasteiger partial charge in [0.05, 0.1) is 5.69 Å². The number of H-pyrrole nitrogens is 1. The van der Waals surface area contributed by atoms with Crippen molar-refractivity contribution in [1.29, 1.82) is 0 Å². The Bertz CT molecular complexity index is 514. The van der Waals surface area contributed by atoms with Crippen molar-refractivity contribution in [3.05, 3.63) is 40.3 Å². The van der Waals surface area contributed by atoms with Crippen molar-refractivity contribution in [2.75, 3.05) is 5.73 Å². The van der Waals surface area contributed by atoms with E-state index in [-0.39, 0.29) is 5.56 Å². The Labute approximate surface area is 75.2 Å². The second-order valence-corrected chi connectivity index (χ2v) is 3.12. The van der Waals surface area contributed by atoms with Crippen LogP contribution in [0.2, 0.25) is 0 Å². The molecule has 0 aliphatic carbocycles. The molecule has 0 fully saturated rings. The van der Waals surface area contributed by atoms with Gasteiger partial charge < -0.3 is 10.7 Å². The second kappa shape index (κ2) is 2.62. The maximum atomic E-state index is 11.3. The number of benzene rings is 1. The minimum atomic E-state index is -0.0933. The topological polar surface area (TPSA) is 58.9 Å². The van der Waals surface area contributed by atoms with E-state index in [4.69, 9.17) is 5.73 Å². The molecule has 0 bridgehead atoms. The molecular formula is C10H10N2O. The molecule has 0 atom stereocenters. The summed E-state index contributed by atoms with van der Waals surface area (Å²) in [5.41, 5.74) is 7.34. The molecule has 66 valence electrons. The monoisotopic (exact) mass is 174 g/mol. The normalized spacial score (nSPS) is 10.5. The average Bonchev–Trinajstić information content (AvgIpc) is 2.12. The Balaban J connectivity index is 3.01. The summed E-state index contributed by atoms with van der Waals surface area (Å²) in [4.78, 5) is 13.9. The van der Waals surface area contributed by atoms with E-state index in [1.54, 1.807) is 6.07 Å².